The monoisotopic (exact) mass is 293 g/mol. The van der Waals surface area contributed by atoms with Crippen LogP contribution in [0.2, 0.25) is 5.02 Å². The Morgan fingerprint density at radius 1 is 1.30 bits per heavy atom. The van der Waals surface area contributed by atoms with Crippen molar-refractivity contribution in [2.75, 3.05) is 0 Å². The Balaban J connectivity index is 2.17. The van der Waals surface area contributed by atoms with Crippen LogP contribution in [0.4, 0.5) is 0 Å². The van der Waals surface area contributed by atoms with Crippen molar-refractivity contribution in [1.29, 1.82) is 0 Å². The average Bonchev–Trinajstić information content (AvgIpc) is 2.88. The van der Waals surface area contributed by atoms with Crippen LogP contribution in [0.5, 0.6) is 0 Å². The van der Waals surface area contributed by atoms with E-state index in [0.29, 0.717) is 22.3 Å². The van der Waals surface area contributed by atoms with Gasteiger partial charge in [-0.2, -0.15) is 4.98 Å². The van der Waals surface area contributed by atoms with Crippen LogP contribution in [0.1, 0.15) is 32.7 Å². The van der Waals surface area contributed by atoms with E-state index in [0.717, 1.165) is 0 Å². The Bertz CT molecular complexity index is 610. The van der Waals surface area contributed by atoms with Crippen LogP contribution < -0.4 is 5.32 Å². The summed E-state index contributed by atoms with van der Waals surface area (Å²) in [5, 5.41) is 7.26. The summed E-state index contributed by atoms with van der Waals surface area (Å²) in [6.45, 7) is 5.44. The minimum atomic E-state index is -0.339. The highest BCUT2D eigenvalue weighted by atomic mass is 35.5. The van der Waals surface area contributed by atoms with Crippen molar-refractivity contribution in [2.24, 2.45) is 5.92 Å². The van der Waals surface area contributed by atoms with Crippen LogP contribution in [0.15, 0.2) is 28.8 Å². The summed E-state index contributed by atoms with van der Waals surface area (Å²) < 4.78 is 5.18. The molecule has 1 heterocycles. The van der Waals surface area contributed by atoms with Gasteiger partial charge in [-0.1, -0.05) is 42.7 Å². The number of nitrogens with one attached hydrogen (secondary N) is 1. The van der Waals surface area contributed by atoms with Crippen molar-refractivity contribution >= 4 is 17.5 Å². The van der Waals surface area contributed by atoms with E-state index < -0.39 is 0 Å². The van der Waals surface area contributed by atoms with Crippen LogP contribution >= 0.6 is 11.6 Å². The topological polar surface area (TPSA) is 68.0 Å². The number of hydrogen-bond donors (Lipinski definition) is 1. The smallest absolute Gasteiger partial charge is 0.249 e. The van der Waals surface area contributed by atoms with Gasteiger partial charge in [0.05, 0.1) is 5.02 Å². The molecule has 0 aliphatic rings. The summed E-state index contributed by atoms with van der Waals surface area (Å²) >= 11 is 6.08. The second kappa shape index (κ2) is 6.05. The highest BCUT2D eigenvalue weighted by Crippen LogP contribution is 2.25. The molecule has 1 amide bonds. The molecule has 106 valence electrons. The molecule has 6 heteroatoms. The molecule has 1 aromatic carbocycles. The third kappa shape index (κ3) is 3.17. The molecular weight excluding hydrogens is 278 g/mol. The summed E-state index contributed by atoms with van der Waals surface area (Å²) in [7, 11) is 0. The van der Waals surface area contributed by atoms with Gasteiger partial charge in [-0.25, -0.2) is 0 Å². The Kier molecular flexibility index (Phi) is 4.39. The van der Waals surface area contributed by atoms with Crippen molar-refractivity contribution < 1.29 is 9.32 Å². The Morgan fingerprint density at radius 3 is 2.65 bits per heavy atom. The first-order chi connectivity index (χ1) is 9.49. The summed E-state index contributed by atoms with van der Waals surface area (Å²) in [6.07, 6.45) is 0. The molecule has 0 saturated carbocycles. The average molecular weight is 294 g/mol. The Hall–Kier alpha value is -1.88. The summed E-state index contributed by atoms with van der Waals surface area (Å²) in [4.78, 5) is 15.9. The second-order valence-corrected chi connectivity index (χ2v) is 5.23. The molecule has 2 rings (SSSR count). The molecule has 0 aliphatic heterocycles. The van der Waals surface area contributed by atoms with Gasteiger partial charge in [-0.05, 0) is 19.1 Å². The molecule has 2 aromatic rings. The van der Waals surface area contributed by atoms with Crippen molar-refractivity contribution in [3.8, 4) is 11.4 Å². The fourth-order valence-electron chi connectivity index (χ4n) is 1.60. The van der Waals surface area contributed by atoms with Gasteiger partial charge in [0.2, 0.25) is 17.6 Å². The maximum atomic E-state index is 11.6. The molecule has 0 fully saturated rings. The Labute approximate surface area is 122 Å². The van der Waals surface area contributed by atoms with E-state index in [9.17, 15) is 4.79 Å². The molecule has 0 bridgehead atoms. The van der Waals surface area contributed by atoms with Crippen LogP contribution in [0.25, 0.3) is 11.4 Å². The fourth-order valence-corrected chi connectivity index (χ4v) is 1.83. The molecule has 1 unspecified atom stereocenters. The molecule has 1 N–H and O–H groups in total. The van der Waals surface area contributed by atoms with Crippen molar-refractivity contribution in [3.05, 3.63) is 35.2 Å². The van der Waals surface area contributed by atoms with E-state index in [1.54, 1.807) is 13.0 Å². The largest absolute Gasteiger partial charge is 0.344 e. The third-order valence-corrected chi connectivity index (χ3v) is 3.14. The lowest BCUT2D eigenvalue weighted by atomic mass is 10.2. The first kappa shape index (κ1) is 14.5. The van der Waals surface area contributed by atoms with Crippen LogP contribution in [-0.2, 0) is 4.79 Å². The highest BCUT2D eigenvalue weighted by Gasteiger charge is 2.19. The van der Waals surface area contributed by atoms with Gasteiger partial charge in [0, 0.05) is 11.5 Å². The van der Waals surface area contributed by atoms with Crippen molar-refractivity contribution in [3.63, 3.8) is 0 Å². The lowest BCUT2D eigenvalue weighted by Gasteiger charge is -2.11. The normalized spacial score (nSPS) is 12.4. The van der Waals surface area contributed by atoms with E-state index in [4.69, 9.17) is 16.1 Å². The summed E-state index contributed by atoms with van der Waals surface area (Å²) in [6, 6.07) is 6.92. The zero-order chi connectivity index (χ0) is 14.7. The molecule has 1 atom stereocenters. The van der Waals surface area contributed by atoms with Gasteiger partial charge in [-0.3, -0.25) is 4.79 Å². The molecule has 0 aliphatic carbocycles. The summed E-state index contributed by atoms with van der Waals surface area (Å²) in [5.74, 6) is 0.614. The lowest BCUT2D eigenvalue weighted by molar-refractivity contribution is -0.124. The standard InChI is InChI=1S/C14H16ClN3O2/c1-8(2)13(19)16-9(3)14-17-12(18-20-14)10-6-4-5-7-11(10)15/h4-9H,1-3H3,(H,16,19). The van der Waals surface area contributed by atoms with E-state index in [-0.39, 0.29) is 17.9 Å². The summed E-state index contributed by atoms with van der Waals surface area (Å²) in [5.41, 5.74) is 0.701. The molecule has 0 saturated heterocycles. The van der Waals surface area contributed by atoms with Gasteiger partial charge in [0.1, 0.15) is 6.04 Å². The predicted octanol–water partition coefficient (Wildman–Crippen LogP) is 3.22. The van der Waals surface area contributed by atoms with Gasteiger partial charge in [-0.15, -0.1) is 0 Å². The number of aromatic nitrogens is 2. The number of hydrogen-bond acceptors (Lipinski definition) is 4. The molecule has 1 aromatic heterocycles. The minimum Gasteiger partial charge on any atom is -0.344 e. The molecule has 0 radical (unpaired) electrons. The van der Waals surface area contributed by atoms with Crippen LogP contribution in [0, 0.1) is 5.92 Å². The zero-order valence-electron chi connectivity index (χ0n) is 11.6. The van der Waals surface area contributed by atoms with Crippen molar-refractivity contribution in [1.82, 2.24) is 15.5 Å². The van der Waals surface area contributed by atoms with Crippen molar-refractivity contribution in [2.45, 2.75) is 26.8 Å². The first-order valence-corrected chi connectivity index (χ1v) is 6.75. The van der Waals surface area contributed by atoms with E-state index in [2.05, 4.69) is 15.5 Å². The van der Waals surface area contributed by atoms with Gasteiger partial charge >= 0.3 is 0 Å². The number of nitrogens with zero attached hydrogens (tertiary/aromatic N) is 2. The maximum absolute atomic E-state index is 11.6. The number of carbonyl (C=O) groups is 1. The highest BCUT2D eigenvalue weighted by molar-refractivity contribution is 6.33. The SMILES string of the molecule is CC(C)C(=O)NC(C)c1nc(-c2ccccc2Cl)no1. The number of benzene rings is 1. The van der Waals surface area contributed by atoms with Gasteiger partial charge in [0.25, 0.3) is 0 Å². The quantitative estimate of drug-likeness (QED) is 0.940. The molecule has 0 spiro atoms. The predicted molar refractivity (Wildman–Crippen MR) is 76.1 cm³/mol. The van der Waals surface area contributed by atoms with E-state index in [1.807, 2.05) is 32.0 Å². The number of amides is 1. The van der Waals surface area contributed by atoms with Crippen LogP contribution in [0.3, 0.4) is 0 Å². The molecule has 5 nitrogen and oxygen atoms in total. The zero-order valence-corrected chi connectivity index (χ0v) is 12.3. The second-order valence-electron chi connectivity index (χ2n) is 4.82. The maximum Gasteiger partial charge on any atom is 0.249 e. The third-order valence-electron chi connectivity index (χ3n) is 2.81. The van der Waals surface area contributed by atoms with Crippen LogP contribution in [-0.4, -0.2) is 16.0 Å². The number of carbonyl (C=O) groups excluding carboxylic acids is 1. The van der Waals surface area contributed by atoms with Gasteiger partial charge < -0.3 is 9.84 Å². The van der Waals surface area contributed by atoms with Gasteiger partial charge in [0.15, 0.2) is 0 Å². The Morgan fingerprint density at radius 2 is 2.00 bits per heavy atom. The first-order valence-electron chi connectivity index (χ1n) is 6.38. The molecular formula is C14H16ClN3O2. The van der Waals surface area contributed by atoms with E-state index >= 15 is 0 Å². The molecule has 20 heavy (non-hydrogen) atoms. The fraction of sp³-hybridized carbons (Fsp3) is 0.357. The number of rotatable bonds is 4. The lowest BCUT2D eigenvalue weighted by Crippen LogP contribution is -2.30. The van der Waals surface area contributed by atoms with E-state index in [1.165, 1.54) is 0 Å². The number of halogens is 1. The minimum absolute atomic E-state index is 0.0602.